The molecule has 0 saturated carbocycles. The molecule has 76 valence electrons. The molecule has 0 aliphatic rings. The number of aromatic amines is 1. The molecule has 0 saturated heterocycles. The van der Waals surface area contributed by atoms with E-state index < -0.39 is 0 Å². The molecule has 4 heteroatoms. The lowest BCUT2D eigenvalue weighted by molar-refractivity contribution is 0.415. The van der Waals surface area contributed by atoms with Crippen LogP contribution in [0.5, 0.6) is 5.75 Å². The maximum atomic E-state index is 5.09. The zero-order chi connectivity index (χ0) is 10.7. The second-order valence-corrected chi connectivity index (χ2v) is 3.45. The van der Waals surface area contributed by atoms with E-state index in [1.807, 2.05) is 30.3 Å². The Kier molecular flexibility index (Phi) is 2.78. The topological polar surface area (TPSA) is 37.9 Å². The highest BCUT2D eigenvalue weighted by Crippen LogP contribution is 2.19. The van der Waals surface area contributed by atoms with Crippen LogP contribution in [0.4, 0.5) is 0 Å². The molecule has 0 amide bonds. The third-order valence-corrected chi connectivity index (χ3v) is 2.30. The van der Waals surface area contributed by atoms with E-state index in [4.69, 9.17) is 17.0 Å². The number of hydrogen-bond donors (Lipinski definition) is 1. The van der Waals surface area contributed by atoms with Gasteiger partial charge in [0.25, 0.3) is 0 Å². The fraction of sp³-hybridized carbons (Fsp3) is 0.0909. The zero-order valence-corrected chi connectivity index (χ0v) is 9.04. The van der Waals surface area contributed by atoms with Gasteiger partial charge in [-0.1, -0.05) is 12.2 Å². The van der Waals surface area contributed by atoms with Crippen molar-refractivity contribution in [3.05, 3.63) is 41.3 Å². The van der Waals surface area contributed by atoms with Crippen molar-refractivity contribution in [2.75, 3.05) is 7.11 Å². The van der Waals surface area contributed by atoms with Gasteiger partial charge in [-0.25, -0.2) is 4.98 Å². The van der Waals surface area contributed by atoms with Crippen LogP contribution in [-0.2, 0) is 0 Å². The van der Waals surface area contributed by atoms with Crippen LogP contribution < -0.4 is 4.74 Å². The van der Waals surface area contributed by atoms with Gasteiger partial charge in [0.15, 0.2) is 0 Å². The van der Waals surface area contributed by atoms with Gasteiger partial charge in [0, 0.05) is 5.69 Å². The van der Waals surface area contributed by atoms with E-state index in [1.54, 1.807) is 13.4 Å². The molecule has 1 N–H and O–H groups in total. The predicted molar refractivity (Wildman–Crippen MR) is 61.4 cm³/mol. The van der Waals surface area contributed by atoms with Crippen molar-refractivity contribution in [3.63, 3.8) is 0 Å². The number of nitrogens with zero attached hydrogens (tertiary/aromatic N) is 1. The first-order chi connectivity index (χ1) is 7.29. The van der Waals surface area contributed by atoms with Crippen LogP contribution in [0, 0.1) is 4.64 Å². The molecule has 15 heavy (non-hydrogen) atoms. The summed E-state index contributed by atoms with van der Waals surface area (Å²) in [6.07, 6.45) is 1.60. The third-order valence-electron chi connectivity index (χ3n) is 2.08. The summed E-state index contributed by atoms with van der Waals surface area (Å²) in [6, 6.07) is 9.59. The zero-order valence-electron chi connectivity index (χ0n) is 8.23. The molecule has 0 radical (unpaired) electrons. The molecule has 1 heterocycles. The normalized spacial score (nSPS) is 9.93. The Labute approximate surface area is 92.8 Å². The molecule has 2 aromatic rings. The lowest BCUT2D eigenvalue weighted by Crippen LogP contribution is -1.86. The average Bonchev–Trinajstić information content (AvgIpc) is 2.29. The fourth-order valence-corrected chi connectivity index (χ4v) is 1.48. The number of aromatic nitrogens is 2. The highest BCUT2D eigenvalue weighted by molar-refractivity contribution is 7.71. The molecule has 0 aliphatic heterocycles. The predicted octanol–water partition coefficient (Wildman–Crippen LogP) is 2.81. The number of nitrogens with one attached hydrogen (secondary N) is 1. The second-order valence-electron chi connectivity index (χ2n) is 3.03. The van der Waals surface area contributed by atoms with Crippen molar-refractivity contribution in [1.29, 1.82) is 0 Å². The van der Waals surface area contributed by atoms with Crippen molar-refractivity contribution in [1.82, 2.24) is 9.97 Å². The molecule has 0 bridgehead atoms. The second kappa shape index (κ2) is 4.23. The molecular formula is C11H10N2OS. The number of ether oxygens (including phenoxy) is 1. The van der Waals surface area contributed by atoms with Gasteiger partial charge in [0.2, 0.25) is 0 Å². The van der Waals surface area contributed by atoms with Crippen molar-refractivity contribution in [2.45, 2.75) is 0 Å². The van der Waals surface area contributed by atoms with Gasteiger partial charge in [-0.3, -0.25) is 0 Å². The summed E-state index contributed by atoms with van der Waals surface area (Å²) in [5.41, 5.74) is 2.02. The Morgan fingerprint density at radius 3 is 2.60 bits per heavy atom. The quantitative estimate of drug-likeness (QED) is 0.788. The Hall–Kier alpha value is -1.68. The Morgan fingerprint density at radius 1 is 1.27 bits per heavy atom. The highest BCUT2D eigenvalue weighted by Gasteiger charge is 1.97. The number of rotatable bonds is 2. The van der Waals surface area contributed by atoms with Crippen LogP contribution in [-0.4, -0.2) is 17.1 Å². The van der Waals surface area contributed by atoms with E-state index >= 15 is 0 Å². The molecule has 0 spiro atoms. The molecule has 1 aromatic heterocycles. The van der Waals surface area contributed by atoms with Crippen molar-refractivity contribution in [3.8, 4) is 17.0 Å². The Morgan fingerprint density at radius 2 is 2.00 bits per heavy atom. The van der Waals surface area contributed by atoms with Gasteiger partial charge in [0.05, 0.1) is 13.4 Å². The summed E-state index contributed by atoms with van der Waals surface area (Å²) in [5.74, 6) is 0.839. The number of benzene rings is 1. The van der Waals surface area contributed by atoms with Gasteiger partial charge in [-0.2, -0.15) is 0 Å². The van der Waals surface area contributed by atoms with Gasteiger partial charge >= 0.3 is 0 Å². The van der Waals surface area contributed by atoms with E-state index in [9.17, 15) is 0 Å². The number of hydrogen-bond acceptors (Lipinski definition) is 3. The van der Waals surface area contributed by atoms with Crippen LogP contribution in [0.15, 0.2) is 36.7 Å². The van der Waals surface area contributed by atoms with Crippen LogP contribution in [0.1, 0.15) is 0 Å². The largest absolute Gasteiger partial charge is 0.497 e. The average molecular weight is 218 g/mol. The highest BCUT2D eigenvalue weighted by atomic mass is 32.1. The summed E-state index contributed by atoms with van der Waals surface area (Å²) in [6.45, 7) is 0. The van der Waals surface area contributed by atoms with Gasteiger partial charge < -0.3 is 9.72 Å². The van der Waals surface area contributed by atoms with E-state index in [-0.39, 0.29) is 0 Å². The monoisotopic (exact) mass is 218 g/mol. The van der Waals surface area contributed by atoms with Gasteiger partial charge in [0.1, 0.15) is 10.4 Å². The van der Waals surface area contributed by atoms with E-state index in [0.29, 0.717) is 4.64 Å². The Bertz CT molecular complexity index is 504. The van der Waals surface area contributed by atoms with Gasteiger partial charge in [-0.15, -0.1) is 0 Å². The molecular weight excluding hydrogens is 208 g/mol. The lowest BCUT2D eigenvalue weighted by Gasteiger charge is -2.03. The fourth-order valence-electron chi connectivity index (χ4n) is 1.31. The smallest absolute Gasteiger partial charge is 0.130 e. The van der Waals surface area contributed by atoms with Crippen molar-refractivity contribution >= 4 is 12.2 Å². The SMILES string of the molecule is COc1ccc(-c2cc(=S)nc[nH]2)cc1. The van der Waals surface area contributed by atoms with Crippen molar-refractivity contribution in [2.24, 2.45) is 0 Å². The number of methoxy groups -OCH3 is 1. The molecule has 0 aliphatic carbocycles. The summed E-state index contributed by atoms with van der Waals surface area (Å²) in [7, 11) is 1.65. The van der Waals surface area contributed by atoms with Crippen LogP contribution in [0.2, 0.25) is 0 Å². The van der Waals surface area contributed by atoms with Crippen LogP contribution in [0.3, 0.4) is 0 Å². The minimum atomic E-state index is 0.583. The minimum absolute atomic E-state index is 0.583. The van der Waals surface area contributed by atoms with E-state index in [1.165, 1.54) is 0 Å². The third kappa shape index (κ3) is 2.22. The first-order valence-electron chi connectivity index (χ1n) is 4.49. The van der Waals surface area contributed by atoms with Crippen LogP contribution >= 0.6 is 12.2 Å². The maximum absolute atomic E-state index is 5.09. The van der Waals surface area contributed by atoms with Crippen LogP contribution in [0.25, 0.3) is 11.3 Å². The molecule has 2 rings (SSSR count). The molecule has 0 fully saturated rings. The summed E-state index contributed by atoms with van der Waals surface area (Å²) in [4.78, 5) is 6.98. The maximum Gasteiger partial charge on any atom is 0.130 e. The molecule has 3 nitrogen and oxygen atoms in total. The molecule has 0 atom stereocenters. The first kappa shape index (κ1) is 9.86. The standard InChI is InChI=1S/C11H10N2OS/c1-14-9-4-2-8(3-5-9)10-6-11(15)13-7-12-10/h2-7H,1H3,(H,12,13,15). The van der Waals surface area contributed by atoms with E-state index in [2.05, 4.69) is 9.97 Å². The summed E-state index contributed by atoms with van der Waals surface area (Å²) < 4.78 is 5.67. The van der Waals surface area contributed by atoms with E-state index in [0.717, 1.165) is 17.0 Å². The van der Waals surface area contributed by atoms with Gasteiger partial charge in [-0.05, 0) is 35.9 Å². The Balaban J connectivity index is 2.41. The van der Waals surface area contributed by atoms with Crippen molar-refractivity contribution < 1.29 is 4.74 Å². The first-order valence-corrected chi connectivity index (χ1v) is 4.89. The summed E-state index contributed by atoms with van der Waals surface area (Å²) >= 11 is 4.99. The molecule has 1 aromatic carbocycles. The molecule has 0 unspecified atom stereocenters. The lowest BCUT2D eigenvalue weighted by atomic mass is 10.1. The number of H-pyrrole nitrogens is 1. The minimum Gasteiger partial charge on any atom is -0.497 e. The summed E-state index contributed by atoms with van der Waals surface area (Å²) in [5, 5.41) is 0.